The SMILES string of the molecule is CC(=O)N(OC(=O)C(F)(F)F)c1ccc(CNc2nccc(-c3cc4c([nH]3)CCNC4=O)n2)cc1. The Labute approximate surface area is 196 Å². The molecule has 0 aliphatic carbocycles. The van der Waals surface area contributed by atoms with Gasteiger partial charge in [-0.15, -0.1) is 5.06 Å². The molecule has 2 amide bonds. The van der Waals surface area contributed by atoms with E-state index >= 15 is 0 Å². The minimum absolute atomic E-state index is 0.0446. The zero-order valence-electron chi connectivity index (χ0n) is 18.3. The summed E-state index contributed by atoms with van der Waals surface area (Å²) in [6, 6.07) is 9.21. The lowest BCUT2D eigenvalue weighted by molar-refractivity contribution is -0.201. The summed E-state index contributed by atoms with van der Waals surface area (Å²) in [6.45, 7) is 1.79. The molecule has 0 bridgehead atoms. The van der Waals surface area contributed by atoms with Crippen LogP contribution in [0.15, 0.2) is 42.6 Å². The first-order valence-electron chi connectivity index (χ1n) is 10.4. The van der Waals surface area contributed by atoms with Crippen molar-refractivity contribution in [3.8, 4) is 11.4 Å². The maximum Gasteiger partial charge on any atom is 0.493 e. The van der Waals surface area contributed by atoms with Gasteiger partial charge in [-0.1, -0.05) is 12.1 Å². The van der Waals surface area contributed by atoms with Crippen LogP contribution in [0, 0.1) is 0 Å². The van der Waals surface area contributed by atoms with Crippen LogP contribution in [0.1, 0.15) is 28.5 Å². The summed E-state index contributed by atoms with van der Waals surface area (Å²) in [7, 11) is 0. The molecule has 0 radical (unpaired) electrons. The largest absolute Gasteiger partial charge is 0.493 e. The van der Waals surface area contributed by atoms with Gasteiger partial charge in [0, 0.05) is 38.3 Å². The monoisotopic (exact) mass is 488 g/mol. The molecular formula is C22H19F3N6O4. The van der Waals surface area contributed by atoms with Crippen LogP contribution in [0.4, 0.5) is 24.8 Å². The second-order valence-corrected chi connectivity index (χ2v) is 7.56. The van der Waals surface area contributed by atoms with Crippen LogP contribution >= 0.6 is 0 Å². The third-order valence-corrected chi connectivity index (χ3v) is 5.05. The highest BCUT2D eigenvalue weighted by atomic mass is 19.4. The number of fused-ring (bicyclic) bond motifs is 1. The second-order valence-electron chi connectivity index (χ2n) is 7.56. The molecule has 0 fully saturated rings. The fraction of sp³-hybridized carbons (Fsp3) is 0.227. The van der Waals surface area contributed by atoms with Crippen LogP contribution in [-0.4, -0.2) is 45.5 Å². The molecule has 0 unspecified atom stereocenters. The van der Waals surface area contributed by atoms with Gasteiger partial charge in [-0.05, 0) is 29.8 Å². The summed E-state index contributed by atoms with van der Waals surface area (Å²) in [4.78, 5) is 50.8. The van der Waals surface area contributed by atoms with Gasteiger partial charge in [0.05, 0.1) is 22.6 Å². The number of benzene rings is 1. The van der Waals surface area contributed by atoms with Gasteiger partial charge in [0.15, 0.2) is 0 Å². The van der Waals surface area contributed by atoms with E-state index in [9.17, 15) is 27.6 Å². The van der Waals surface area contributed by atoms with E-state index in [0.29, 0.717) is 41.4 Å². The van der Waals surface area contributed by atoms with Gasteiger partial charge >= 0.3 is 12.1 Å². The molecule has 10 nitrogen and oxygen atoms in total. The molecule has 0 spiro atoms. The number of halogens is 3. The third-order valence-electron chi connectivity index (χ3n) is 5.05. The predicted octanol–water partition coefficient (Wildman–Crippen LogP) is 2.74. The minimum Gasteiger partial charge on any atom is -0.356 e. The molecule has 3 heterocycles. The maximum atomic E-state index is 12.5. The summed E-state index contributed by atoms with van der Waals surface area (Å²) in [5.41, 5.74) is 3.35. The molecule has 0 saturated heterocycles. The lowest BCUT2D eigenvalue weighted by Crippen LogP contribution is -2.37. The first-order valence-corrected chi connectivity index (χ1v) is 10.4. The van der Waals surface area contributed by atoms with Crippen LogP contribution in [0.3, 0.4) is 0 Å². The van der Waals surface area contributed by atoms with Gasteiger partial charge in [0.2, 0.25) is 5.95 Å². The molecule has 1 aliphatic heterocycles. The van der Waals surface area contributed by atoms with Crippen LogP contribution in [-0.2, 0) is 27.4 Å². The second kappa shape index (κ2) is 9.44. The summed E-state index contributed by atoms with van der Waals surface area (Å²) in [5, 5.41) is 6.09. The van der Waals surface area contributed by atoms with E-state index in [2.05, 4.69) is 30.4 Å². The smallest absolute Gasteiger partial charge is 0.356 e. The Balaban J connectivity index is 1.43. The first kappa shape index (κ1) is 23.7. The van der Waals surface area contributed by atoms with E-state index in [4.69, 9.17) is 0 Å². The number of nitrogens with zero attached hydrogens (tertiary/aromatic N) is 3. The number of anilines is 2. The van der Waals surface area contributed by atoms with Crippen molar-refractivity contribution in [3.63, 3.8) is 0 Å². The number of hydrogen-bond donors (Lipinski definition) is 3. The number of aromatic nitrogens is 3. The van der Waals surface area contributed by atoms with Gasteiger partial charge in [0.1, 0.15) is 0 Å². The highest BCUT2D eigenvalue weighted by Gasteiger charge is 2.43. The van der Waals surface area contributed by atoms with Gasteiger partial charge in [0.25, 0.3) is 11.8 Å². The topological polar surface area (TPSA) is 129 Å². The fourth-order valence-corrected chi connectivity index (χ4v) is 3.39. The first-order chi connectivity index (χ1) is 16.6. The molecule has 2 aromatic heterocycles. The summed E-state index contributed by atoms with van der Waals surface area (Å²) >= 11 is 0. The van der Waals surface area contributed by atoms with E-state index in [1.54, 1.807) is 30.5 Å². The van der Waals surface area contributed by atoms with Crippen molar-refractivity contribution in [2.24, 2.45) is 0 Å². The van der Waals surface area contributed by atoms with E-state index < -0.39 is 18.1 Å². The number of alkyl halides is 3. The number of hydrogen-bond acceptors (Lipinski definition) is 7. The molecule has 0 saturated carbocycles. The van der Waals surface area contributed by atoms with Gasteiger partial charge in [-0.25, -0.2) is 14.8 Å². The number of H-pyrrole nitrogens is 1. The van der Waals surface area contributed by atoms with Crippen LogP contribution in [0.25, 0.3) is 11.4 Å². The van der Waals surface area contributed by atoms with Crippen molar-refractivity contribution in [1.82, 2.24) is 20.3 Å². The van der Waals surface area contributed by atoms with Crippen molar-refractivity contribution in [1.29, 1.82) is 0 Å². The Kier molecular flexibility index (Phi) is 6.40. The predicted molar refractivity (Wildman–Crippen MR) is 117 cm³/mol. The Morgan fingerprint density at radius 3 is 2.60 bits per heavy atom. The molecule has 0 atom stereocenters. The van der Waals surface area contributed by atoms with Crippen molar-refractivity contribution < 1.29 is 32.4 Å². The summed E-state index contributed by atoms with van der Waals surface area (Å²) in [6.07, 6.45) is -2.98. The van der Waals surface area contributed by atoms with Crippen molar-refractivity contribution in [2.45, 2.75) is 26.1 Å². The molecule has 35 heavy (non-hydrogen) atoms. The summed E-state index contributed by atoms with van der Waals surface area (Å²) in [5.74, 6) is -3.23. The van der Waals surface area contributed by atoms with Crippen molar-refractivity contribution in [2.75, 3.05) is 16.9 Å². The Hall–Kier alpha value is -4.42. The van der Waals surface area contributed by atoms with E-state index in [-0.39, 0.29) is 23.2 Å². The number of aromatic amines is 1. The molecule has 3 N–H and O–H groups in total. The Morgan fingerprint density at radius 2 is 1.94 bits per heavy atom. The average molecular weight is 488 g/mol. The van der Waals surface area contributed by atoms with Crippen LogP contribution < -0.4 is 15.7 Å². The number of hydroxylamine groups is 1. The Morgan fingerprint density at radius 1 is 1.20 bits per heavy atom. The number of nitrogens with one attached hydrogen (secondary N) is 3. The maximum absolute atomic E-state index is 12.5. The van der Waals surface area contributed by atoms with Gasteiger partial charge in [-0.2, -0.15) is 13.2 Å². The van der Waals surface area contributed by atoms with Crippen molar-refractivity contribution in [3.05, 3.63) is 59.4 Å². The zero-order chi connectivity index (χ0) is 25.2. The molecule has 182 valence electrons. The third kappa shape index (κ3) is 5.39. The lowest BCUT2D eigenvalue weighted by Gasteiger charge is -2.20. The van der Waals surface area contributed by atoms with E-state index in [1.807, 2.05) is 0 Å². The molecule has 3 aromatic rings. The summed E-state index contributed by atoms with van der Waals surface area (Å²) < 4.78 is 37.4. The van der Waals surface area contributed by atoms with Gasteiger partial charge in [-0.3, -0.25) is 9.59 Å². The normalized spacial score (nSPS) is 13.0. The Bertz CT molecular complexity index is 1270. The van der Waals surface area contributed by atoms with Crippen LogP contribution in [0.2, 0.25) is 0 Å². The highest BCUT2D eigenvalue weighted by molar-refractivity contribution is 5.97. The molecule has 1 aliphatic rings. The number of amides is 2. The highest BCUT2D eigenvalue weighted by Crippen LogP contribution is 2.24. The lowest BCUT2D eigenvalue weighted by atomic mass is 10.1. The molecule has 4 rings (SSSR count). The quantitative estimate of drug-likeness (QED) is 0.471. The molecular weight excluding hydrogens is 469 g/mol. The van der Waals surface area contributed by atoms with E-state index in [0.717, 1.165) is 12.6 Å². The number of carbonyl (C=O) groups excluding carboxylic acids is 3. The van der Waals surface area contributed by atoms with E-state index in [1.165, 1.54) is 12.1 Å². The number of rotatable bonds is 5. The fourth-order valence-electron chi connectivity index (χ4n) is 3.39. The standard InChI is InChI=1S/C22H19F3N6O4/c1-12(32)31(35-20(34)22(23,24)25)14-4-2-13(3-5-14)11-28-21-27-9-7-17(30-21)18-10-15-16(29-18)6-8-26-19(15)33/h2-5,7,9-10,29H,6,8,11H2,1H3,(H,26,33)(H,27,28,30). The van der Waals surface area contributed by atoms with Crippen LogP contribution in [0.5, 0.6) is 0 Å². The average Bonchev–Trinajstić information content (AvgIpc) is 3.27. The minimum atomic E-state index is -5.24. The molecule has 13 heteroatoms. The van der Waals surface area contributed by atoms with Crippen molar-refractivity contribution >= 4 is 29.4 Å². The zero-order valence-corrected chi connectivity index (χ0v) is 18.3. The number of carbonyl (C=O) groups is 3. The molecule has 1 aromatic carbocycles. The van der Waals surface area contributed by atoms with Gasteiger partial charge < -0.3 is 20.5 Å².